The van der Waals surface area contributed by atoms with Crippen LogP contribution in [0.5, 0.6) is 0 Å². The van der Waals surface area contributed by atoms with Crippen LogP contribution in [0, 0.1) is 0 Å². The number of hydrogen-bond acceptors (Lipinski definition) is 6. The molecule has 2 heterocycles. The van der Waals surface area contributed by atoms with Crippen LogP contribution >= 0.6 is 11.6 Å². The lowest BCUT2D eigenvalue weighted by atomic mass is 10.1. The third-order valence-electron chi connectivity index (χ3n) is 4.17. The van der Waals surface area contributed by atoms with E-state index in [0.717, 1.165) is 0 Å². The Morgan fingerprint density at radius 1 is 1.38 bits per heavy atom. The van der Waals surface area contributed by atoms with Crippen molar-refractivity contribution in [1.82, 2.24) is 30.3 Å². The van der Waals surface area contributed by atoms with Crippen LogP contribution in [0.25, 0.3) is 0 Å². The predicted molar refractivity (Wildman–Crippen MR) is 95.0 cm³/mol. The van der Waals surface area contributed by atoms with Crippen molar-refractivity contribution < 1.29 is 13.2 Å². The van der Waals surface area contributed by atoms with Crippen molar-refractivity contribution >= 4 is 27.5 Å². The molecule has 2 atom stereocenters. The molecule has 0 spiro atoms. The number of rotatable bonds is 6. The Bertz CT molecular complexity index is 883. The van der Waals surface area contributed by atoms with Crippen LogP contribution < -0.4 is 15.4 Å². The van der Waals surface area contributed by atoms with E-state index in [1.54, 1.807) is 17.9 Å². The lowest BCUT2D eigenvalue weighted by Gasteiger charge is -2.09. The van der Waals surface area contributed by atoms with Gasteiger partial charge in [0.1, 0.15) is 0 Å². The molecule has 1 aromatic heterocycles. The Hall–Kier alpha value is -2.01. The number of benzene rings is 1. The van der Waals surface area contributed by atoms with E-state index in [2.05, 4.69) is 25.7 Å². The summed E-state index contributed by atoms with van der Waals surface area (Å²) in [5, 5.41) is 14.2. The van der Waals surface area contributed by atoms with Gasteiger partial charge in [0.2, 0.25) is 15.9 Å². The minimum atomic E-state index is -3.66. The first-order chi connectivity index (χ1) is 12.4. The van der Waals surface area contributed by atoms with Crippen molar-refractivity contribution in [3.05, 3.63) is 41.2 Å². The third kappa shape index (κ3) is 4.21. The second-order valence-corrected chi connectivity index (χ2v) is 8.14. The van der Waals surface area contributed by atoms with Gasteiger partial charge in [0.05, 0.1) is 35.4 Å². The molecule has 1 saturated heterocycles. The van der Waals surface area contributed by atoms with Crippen LogP contribution in [0.4, 0.5) is 0 Å². The highest BCUT2D eigenvalue weighted by Crippen LogP contribution is 2.19. The fourth-order valence-electron chi connectivity index (χ4n) is 2.73. The van der Waals surface area contributed by atoms with Gasteiger partial charge in [0.15, 0.2) is 0 Å². The van der Waals surface area contributed by atoms with E-state index in [1.807, 2.05) is 0 Å². The summed E-state index contributed by atoms with van der Waals surface area (Å²) in [5.74, 6) is -0.0661. The van der Waals surface area contributed by atoms with Gasteiger partial charge in [0, 0.05) is 18.6 Å². The SMILES string of the molecule is CNC(=O)[C@@H]1C[C@H](n2cc(CNS(=O)(=O)c3ccc(Cl)cc3)nn2)CN1. The summed E-state index contributed by atoms with van der Waals surface area (Å²) >= 11 is 5.77. The van der Waals surface area contributed by atoms with Crippen LogP contribution in [0.2, 0.25) is 5.02 Å². The Kier molecular flexibility index (Phi) is 5.56. The number of amides is 1. The molecule has 9 nitrogen and oxygen atoms in total. The van der Waals surface area contributed by atoms with Gasteiger partial charge in [0.25, 0.3) is 0 Å². The van der Waals surface area contributed by atoms with E-state index >= 15 is 0 Å². The maximum absolute atomic E-state index is 12.3. The van der Waals surface area contributed by atoms with Crippen molar-refractivity contribution in [3.8, 4) is 0 Å². The zero-order chi connectivity index (χ0) is 18.7. The monoisotopic (exact) mass is 398 g/mol. The fourth-order valence-corrected chi connectivity index (χ4v) is 3.86. The van der Waals surface area contributed by atoms with Crippen LogP contribution in [-0.2, 0) is 21.4 Å². The lowest BCUT2D eigenvalue weighted by molar-refractivity contribution is -0.122. The molecule has 11 heteroatoms. The Morgan fingerprint density at radius 3 is 2.81 bits per heavy atom. The maximum Gasteiger partial charge on any atom is 0.240 e. The average Bonchev–Trinajstić information content (AvgIpc) is 3.29. The minimum Gasteiger partial charge on any atom is -0.358 e. The van der Waals surface area contributed by atoms with Crippen molar-refractivity contribution in [1.29, 1.82) is 0 Å². The van der Waals surface area contributed by atoms with Gasteiger partial charge in [-0.2, -0.15) is 0 Å². The molecule has 2 aromatic rings. The number of halogens is 1. The van der Waals surface area contributed by atoms with Gasteiger partial charge in [-0.15, -0.1) is 5.10 Å². The molecular formula is C15H19ClN6O3S. The van der Waals surface area contributed by atoms with Gasteiger partial charge >= 0.3 is 0 Å². The number of likely N-dealkylation sites (N-methyl/N-ethyl adjacent to an activating group) is 1. The molecule has 1 amide bonds. The van der Waals surface area contributed by atoms with Gasteiger partial charge in [-0.3, -0.25) is 4.79 Å². The normalized spacial score (nSPS) is 20.2. The zero-order valence-electron chi connectivity index (χ0n) is 14.0. The van der Waals surface area contributed by atoms with Crippen molar-refractivity contribution in [3.63, 3.8) is 0 Å². The highest BCUT2D eigenvalue weighted by atomic mass is 35.5. The second-order valence-electron chi connectivity index (χ2n) is 5.93. The lowest BCUT2D eigenvalue weighted by Crippen LogP contribution is -2.38. The number of nitrogens with zero attached hydrogens (tertiary/aromatic N) is 3. The van der Waals surface area contributed by atoms with Crippen molar-refractivity contribution in [2.24, 2.45) is 0 Å². The topological polar surface area (TPSA) is 118 Å². The average molecular weight is 399 g/mol. The van der Waals surface area contributed by atoms with Gasteiger partial charge in [-0.25, -0.2) is 17.8 Å². The second kappa shape index (κ2) is 7.70. The maximum atomic E-state index is 12.3. The summed E-state index contributed by atoms with van der Waals surface area (Å²) < 4.78 is 28.7. The number of aromatic nitrogens is 3. The molecule has 3 N–H and O–H groups in total. The fraction of sp³-hybridized carbons (Fsp3) is 0.400. The highest BCUT2D eigenvalue weighted by Gasteiger charge is 2.30. The molecule has 1 aromatic carbocycles. The molecule has 0 bridgehead atoms. The van der Waals surface area contributed by atoms with E-state index in [9.17, 15) is 13.2 Å². The summed E-state index contributed by atoms with van der Waals surface area (Å²) in [6, 6.07) is 5.63. The van der Waals surface area contributed by atoms with Gasteiger partial charge < -0.3 is 10.6 Å². The quantitative estimate of drug-likeness (QED) is 0.633. The molecule has 1 aliphatic rings. The molecule has 0 saturated carbocycles. The third-order valence-corrected chi connectivity index (χ3v) is 5.84. The predicted octanol–water partition coefficient (Wildman–Crippen LogP) is 0.0590. The van der Waals surface area contributed by atoms with Gasteiger partial charge in [-0.05, 0) is 30.7 Å². The number of carbonyl (C=O) groups is 1. The van der Waals surface area contributed by atoms with Crippen LogP contribution in [-0.4, -0.2) is 49.0 Å². The molecule has 26 heavy (non-hydrogen) atoms. The van der Waals surface area contributed by atoms with E-state index in [-0.39, 0.29) is 29.4 Å². The molecule has 0 unspecified atom stereocenters. The Labute approximate surface area is 156 Å². The van der Waals surface area contributed by atoms with E-state index in [4.69, 9.17) is 11.6 Å². The first kappa shape index (κ1) is 18.8. The van der Waals surface area contributed by atoms with Gasteiger partial charge in [-0.1, -0.05) is 16.8 Å². The molecule has 0 radical (unpaired) electrons. The summed E-state index contributed by atoms with van der Waals surface area (Å²) in [7, 11) is -2.06. The van der Waals surface area contributed by atoms with Crippen LogP contribution in [0.1, 0.15) is 18.2 Å². The van der Waals surface area contributed by atoms with E-state index in [0.29, 0.717) is 23.7 Å². The van der Waals surface area contributed by atoms with E-state index < -0.39 is 10.0 Å². The minimum absolute atomic E-state index is 0.00794. The van der Waals surface area contributed by atoms with Crippen LogP contribution in [0.3, 0.4) is 0 Å². The van der Waals surface area contributed by atoms with Crippen molar-refractivity contribution in [2.45, 2.75) is 29.9 Å². The molecule has 140 valence electrons. The van der Waals surface area contributed by atoms with E-state index in [1.165, 1.54) is 24.3 Å². The summed E-state index contributed by atoms with van der Waals surface area (Å²) in [6.07, 6.45) is 2.28. The smallest absolute Gasteiger partial charge is 0.240 e. The summed E-state index contributed by atoms with van der Waals surface area (Å²) in [5.41, 5.74) is 0.492. The summed E-state index contributed by atoms with van der Waals surface area (Å²) in [6.45, 7) is 0.612. The standard InChI is InChI=1S/C15H19ClN6O3S/c1-17-15(23)14-6-12(8-18-14)22-9-11(20-21-22)7-19-26(24,25)13-4-2-10(16)3-5-13/h2-5,9,12,14,18-19H,6-8H2,1H3,(H,17,23)/t12-,14-/m0/s1. The zero-order valence-corrected chi connectivity index (χ0v) is 15.6. The molecule has 0 aliphatic carbocycles. The summed E-state index contributed by atoms with van der Waals surface area (Å²) in [4.78, 5) is 11.8. The Balaban J connectivity index is 1.60. The highest BCUT2D eigenvalue weighted by molar-refractivity contribution is 7.89. The molecule has 3 rings (SSSR count). The van der Waals surface area contributed by atoms with Crippen molar-refractivity contribution in [2.75, 3.05) is 13.6 Å². The molecule has 1 aliphatic heterocycles. The first-order valence-electron chi connectivity index (χ1n) is 8.00. The number of carbonyl (C=O) groups excluding carboxylic acids is 1. The number of nitrogens with one attached hydrogen (secondary N) is 3. The Morgan fingerprint density at radius 2 is 2.12 bits per heavy atom. The number of sulfonamides is 1. The molecule has 1 fully saturated rings. The largest absolute Gasteiger partial charge is 0.358 e. The first-order valence-corrected chi connectivity index (χ1v) is 9.86. The van der Waals surface area contributed by atoms with Crippen LogP contribution in [0.15, 0.2) is 35.4 Å². The molecular weight excluding hydrogens is 380 g/mol. The number of hydrogen-bond donors (Lipinski definition) is 3.